The molecule has 1 fully saturated rings. The summed E-state index contributed by atoms with van der Waals surface area (Å²) in [6.45, 7) is 1.70. The fraction of sp³-hybridized carbons (Fsp3) is 0.263. The van der Waals surface area contributed by atoms with E-state index >= 15 is 0 Å². The van der Waals surface area contributed by atoms with Gasteiger partial charge in [-0.2, -0.15) is 0 Å². The number of imide groups is 1. The average Bonchev–Trinajstić information content (AvgIpc) is 2.87. The summed E-state index contributed by atoms with van der Waals surface area (Å²) >= 11 is 0. The lowest BCUT2D eigenvalue weighted by Crippen LogP contribution is -2.34. The summed E-state index contributed by atoms with van der Waals surface area (Å²) in [4.78, 5) is 28.7. The topological polar surface area (TPSA) is 40.6 Å². The molecule has 2 amide bonds. The van der Waals surface area contributed by atoms with Crippen molar-refractivity contribution in [2.75, 3.05) is 22.9 Å². The van der Waals surface area contributed by atoms with E-state index in [2.05, 4.69) is 4.90 Å². The minimum atomic E-state index is -0.456. The van der Waals surface area contributed by atoms with E-state index in [4.69, 9.17) is 0 Å². The third-order valence-corrected chi connectivity index (χ3v) is 4.67. The Balaban J connectivity index is 1.81. The second-order valence-corrected chi connectivity index (χ2v) is 6.17. The van der Waals surface area contributed by atoms with E-state index in [1.165, 1.54) is 18.6 Å². The number of rotatable bonds is 2. The highest BCUT2D eigenvalue weighted by Crippen LogP contribution is 2.37. The van der Waals surface area contributed by atoms with Gasteiger partial charge in [0.05, 0.1) is 22.5 Å². The van der Waals surface area contributed by atoms with Crippen molar-refractivity contribution in [2.24, 2.45) is 0 Å². The zero-order valence-electron chi connectivity index (χ0n) is 13.2. The monoisotopic (exact) mass is 324 g/mol. The van der Waals surface area contributed by atoms with Gasteiger partial charge in [0.2, 0.25) is 0 Å². The summed E-state index contributed by atoms with van der Waals surface area (Å²) in [6.07, 6.45) is 3.28. The molecule has 5 heteroatoms. The first-order chi connectivity index (χ1) is 11.7. The van der Waals surface area contributed by atoms with E-state index in [1.807, 2.05) is 0 Å². The van der Waals surface area contributed by atoms with Crippen LogP contribution in [0.1, 0.15) is 40.0 Å². The first-order valence-electron chi connectivity index (χ1n) is 8.19. The fourth-order valence-electron chi connectivity index (χ4n) is 3.49. The van der Waals surface area contributed by atoms with Gasteiger partial charge in [-0.3, -0.25) is 9.59 Å². The van der Waals surface area contributed by atoms with Crippen LogP contribution in [-0.2, 0) is 0 Å². The van der Waals surface area contributed by atoms with Crippen molar-refractivity contribution in [3.8, 4) is 0 Å². The summed E-state index contributed by atoms with van der Waals surface area (Å²) in [5, 5.41) is 0. The molecule has 0 unspecified atom stereocenters. The van der Waals surface area contributed by atoms with E-state index in [9.17, 15) is 14.0 Å². The number of carbonyl (C=O) groups excluding carboxylic acids is 2. The van der Waals surface area contributed by atoms with Crippen LogP contribution in [0.25, 0.3) is 0 Å². The number of hydrogen-bond donors (Lipinski definition) is 0. The maximum atomic E-state index is 13.9. The molecule has 0 bridgehead atoms. The van der Waals surface area contributed by atoms with Crippen LogP contribution in [0.4, 0.5) is 15.8 Å². The molecule has 2 heterocycles. The van der Waals surface area contributed by atoms with E-state index < -0.39 is 5.82 Å². The molecular formula is C19H17FN2O2. The molecular weight excluding hydrogens is 307 g/mol. The third kappa shape index (κ3) is 2.28. The summed E-state index contributed by atoms with van der Waals surface area (Å²) in [6, 6.07) is 11.1. The van der Waals surface area contributed by atoms with Crippen LogP contribution in [-0.4, -0.2) is 24.9 Å². The molecule has 24 heavy (non-hydrogen) atoms. The highest BCUT2D eigenvalue weighted by atomic mass is 19.1. The van der Waals surface area contributed by atoms with Crippen molar-refractivity contribution in [1.82, 2.24) is 0 Å². The molecule has 2 aromatic rings. The summed E-state index contributed by atoms with van der Waals surface area (Å²) in [5.74, 6) is -1.23. The highest BCUT2D eigenvalue weighted by molar-refractivity contribution is 6.35. The van der Waals surface area contributed by atoms with Gasteiger partial charge in [0.15, 0.2) is 0 Å². The maximum Gasteiger partial charge on any atom is 0.266 e. The normalized spacial score (nSPS) is 17.4. The van der Waals surface area contributed by atoms with Crippen LogP contribution < -0.4 is 9.80 Å². The van der Waals surface area contributed by atoms with E-state index in [1.54, 1.807) is 30.3 Å². The Kier molecular flexibility index (Phi) is 3.56. The van der Waals surface area contributed by atoms with Gasteiger partial charge in [0.25, 0.3) is 11.8 Å². The van der Waals surface area contributed by atoms with Crippen LogP contribution in [0.5, 0.6) is 0 Å². The quantitative estimate of drug-likeness (QED) is 0.792. The Hall–Kier alpha value is -2.69. The van der Waals surface area contributed by atoms with Crippen LogP contribution in [0, 0.1) is 5.82 Å². The lowest BCUT2D eigenvalue weighted by molar-refractivity contribution is 0.0926. The maximum absolute atomic E-state index is 13.9. The molecule has 2 aliphatic rings. The first kappa shape index (κ1) is 14.9. The minimum absolute atomic E-state index is 0.336. The van der Waals surface area contributed by atoms with Crippen LogP contribution in [0.3, 0.4) is 0 Å². The smallest absolute Gasteiger partial charge is 0.266 e. The highest BCUT2D eigenvalue weighted by Gasteiger charge is 2.38. The number of amides is 2. The number of fused-ring (bicyclic) bond motifs is 1. The molecule has 122 valence electrons. The van der Waals surface area contributed by atoms with Gasteiger partial charge in [-0.15, -0.1) is 0 Å². The van der Waals surface area contributed by atoms with Gasteiger partial charge in [0.1, 0.15) is 5.82 Å². The second-order valence-electron chi connectivity index (χ2n) is 6.17. The number of anilines is 2. The van der Waals surface area contributed by atoms with Gasteiger partial charge in [-0.05, 0) is 43.5 Å². The van der Waals surface area contributed by atoms with Gasteiger partial charge < -0.3 is 4.90 Å². The van der Waals surface area contributed by atoms with Gasteiger partial charge in [-0.25, -0.2) is 9.29 Å². The molecule has 2 aliphatic heterocycles. The molecule has 0 aliphatic carbocycles. The molecule has 1 saturated heterocycles. The number of halogens is 1. The largest absolute Gasteiger partial charge is 0.370 e. The number of benzene rings is 2. The van der Waals surface area contributed by atoms with Gasteiger partial charge in [-0.1, -0.05) is 12.1 Å². The fourth-order valence-corrected chi connectivity index (χ4v) is 3.49. The SMILES string of the molecule is O=C1c2ccccc2C(=O)N1c1cc(F)ccc1N1CCCCC1. The summed E-state index contributed by atoms with van der Waals surface area (Å²) in [5.41, 5.74) is 1.82. The Morgan fingerprint density at radius 2 is 1.42 bits per heavy atom. The zero-order valence-corrected chi connectivity index (χ0v) is 13.2. The van der Waals surface area contributed by atoms with E-state index in [-0.39, 0.29) is 11.8 Å². The zero-order chi connectivity index (χ0) is 16.7. The lowest BCUT2D eigenvalue weighted by Gasteiger charge is -2.32. The van der Waals surface area contributed by atoms with E-state index in [0.717, 1.165) is 36.5 Å². The van der Waals surface area contributed by atoms with Crippen molar-refractivity contribution in [1.29, 1.82) is 0 Å². The Bertz CT molecular complexity index is 793. The standard InChI is InChI=1S/C19H17FN2O2/c20-13-8-9-16(21-10-4-1-5-11-21)17(12-13)22-18(23)14-6-2-3-7-15(14)19(22)24/h2-3,6-9,12H,1,4-5,10-11H2. The molecule has 4 rings (SSSR count). The van der Waals surface area contributed by atoms with Gasteiger partial charge in [0, 0.05) is 19.2 Å². The molecule has 0 N–H and O–H groups in total. The van der Waals surface area contributed by atoms with Crippen LogP contribution in [0.2, 0.25) is 0 Å². The Morgan fingerprint density at radius 3 is 2.04 bits per heavy atom. The van der Waals surface area contributed by atoms with E-state index in [0.29, 0.717) is 16.8 Å². The molecule has 0 aromatic heterocycles. The second kappa shape index (κ2) is 5.74. The molecule has 0 saturated carbocycles. The molecule has 2 aromatic carbocycles. The molecule has 4 nitrogen and oxygen atoms in total. The van der Waals surface area contributed by atoms with Crippen LogP contribution >= 0.6 is 0 Å². The Morgan fingerprint density at radius 1 is 0.792 bits per heavy atom. The number of nitrogens with zero attached hydrogens (tertiary/aromatic N) is 2. The average molecular weight is 324 g/mol. The van der Waals surface area contributed by atoms with Crippen molar-refractivity contribution in [2.45, 2.75) is 19.3 Å². The van der Waals surface area contributed by atoms with Crippen molar-refractivity contribution >= 4 is 23.2 Å². The van der Waals surface area contributed by atoms with Gasteiger partial charge >= 0.3 is 0 Å². The molecule has 0 spiro atoms. The first-order valence-corrected chi connectivity index (χ1v) is 8.19. The Labute approximate surface area is 139 Å². The van der Waals surface area contributed by atoms with Crippen molar-refractivity contribution < 1.29 is 14.0 Å². The third-order valence-electron chi connectivity index (χ3n) is 4.67. The molecule has 0 atom stereocenters. The summed E-state index contributed by atoms with van der Waals surface area (Å²) < 4.78 is 13.9. The van der Waals surface area contributed by atoms with Crippen molar-refractivity contribution in [3.05, 3.63) is 59.4 Å². The molecule has 0 radical (unpaired) electrons. The number of carbonyl (C=O) groups is 2. The lowest BCUT2D eigenvalue weighted by atomic mass is 10.1. The van der Waals surface area contributed by atoms with Crippen LogP contribution in [0.15, 0.2) is 42.5 Å². The number of piperidine rings is 1. The minimum Gasteiger partial charge on any atom is -0.370 e. The summed E-state index contributed by atoms with van der Waals surface area (Å²) in [7, 11) is 0. The number of hydrogen-bond acceptors (Lipinski definition) is 3. The predicted molar refractivity (Wildman–Crippen MR) is 90.0 cm³/mol. The van der Waals surface area contributed by atoms with Crippen molar-refractivity contribution in [3.63, 3.8) is 0 Å². The predicted octanol–water partition coefficient (Wildman–Crippen LogP) is 3.62.